The van der Waals surface area contributed by atoms with Crippen molar-refractivity contribution in [3.8, 4) is 0 Å². The Morgan fingerprint density at radius 3 is 2.26 bits per heavy atom. The van der Waals surface area contributed by atoms with Crippen molar-refractivity contribution >= 4 is 33.4 Å². The highest BCUT2D eigenvalue weighted by atomic mass is 32.2. The number of benzene rings is 1. The minimum atomic E-state index is -4.89. The van der Waals surface area contributed by atoms with Gasteiger partial charge in [0.1, 0.15) is 4.90 Å². The number of aromatic carboxylic acids is 1. The minimum Gasteiger partial charge on any atom is -0.478 e. The maximum atomic E-state index is 11.2. The first-order valence-electron chi connectivity index (χ1n) is 4.31. The first-order chi connectivity index (χ1) is 8.62. The average Bonchev–Trinajstić information content (AvgIpc) is 2.25. The summed E-state index contributed by atoms with van der Waals surface area (Å²) in [5.41, 5.74) is -1.27. The van der Waals surface area contributed by atoms with Gasteiger partial charge in [-0.05, 0) is 18.2 Å². The zero-order valence-corrected chi connectivity index (χ0v) is 10.5. The van der Waals surface area contributed by atoms with Crippen molar-refractivity contribution in [2.24, 2.45) is 0 Å². The molecule has 3 N–H and O–H groups in total. The number of rotatable bonds is 4. The Hall–Kier alpha value is -1.82. The largest absolute Gasteiger partial charge is 0.478 e. The summed E-state index contributed by atoms with van der Waals surface area (Å²) in [7, 11) is -4.89. The van der Waals surface area contributed by atoms with E-state index in [0.717, 1.165) is 12.1 Å². The van der Waals surface area contributed by atoms with E-state index in [4.69, 9.17) is 14.2 Å². The van der Waals surface area contributed by atoms with Gasteiger partial charge in [0, 0.05) is 0 Å². The zero-order valence-electron chi connectivity index (χ0n) is 8.84. The van der Waals surface area contributed by atoms with Crippen molar-refractivity contribution in [3.63, 3.8) is 0 Å². The van der Waals surface area contributed by atoms with Crippen LogP contribution < -0.4 is 0 Å². The molecule has 0 bridgehead atoms. The number of hydrogen-bond donors (Lipinski definition) is 3. The van der Waals surface area contributed by atoms with Crippen LogP contribution in [0.25, 0.3) is 0 Å². The van der Waals surface area contributed by atoms with Crippen molar-refractivity contribution in [1.82, 2.24) is 0 Å². The summed E-state index contributed by atoms with van der Waals surface area (Å²) in [5, 5.41) is 8.72. The van der Waals surface area contributed by atoms with Gasteiger partial charge in [0.05, 0.1) is 11.1 Å². The molecule has 0 amide bonds. The van der Waals surface area contributed by atoms with Crippen LogP contribution in [0.2, 0.25) is 0 Å². The van der Waals surface area contributed by atoms with E-state index in [0.29, 0.717) is 6.07 Å². The van der Waals surface area contributed by atoms with Gasteiger partial charge < -0.3 is 9.29 Å². The number of carboxylic acids is 1. The summed E-state index contributed by atoms with van der Waals surface area (Å²) in [4.78, 5) is 20.9. The molecule has 19 heavy (non-hydrogen) atoms. The van der Waals surface area contributed by atoms with E-state index in [9.17, 15) is 22.2 Å². The molecule has 0 saturated carbocycles. The van der Waals surface area contributed by atoms with Crippen LogP contribution in [0.15, 0.2) is 23.1 Å². The van der Waals surface area contributed by atoms with Gasteiger partial charge in [-0.25, -0.2) is 9.59 Å². The monoisotopic (exact) mass is 310 g/mol. The van der Waals surface area contributed by atoms with E-state index >= 15 is 0 Å². The standard InChI is InChI=1S/C8H6O9S2/c9-7(10)5-2-1-4(8(11)17-18(12)13)3-6(5)19(14,15)16/h1-3H,(H,9,10)(H,12,13)(H,14,15,16). The molecule has 0 radical (unpaired) electrons. The molecule has 0 fully saturated rings. The summed E-state index contributed by atoms with van der Waals surface area (Å²) in [6.45, 7) is 0. The average molecular weight is 310 g/mol. The van der Waals surface area contributed by atoms with Gasteiger partial charge in [0.25, 0.3) is 10.1 Å². The molecule has 0 aliphatic rings. The molecule has 1 atom stereocenters. The van der Waals surface area contributed by atoms with Gasteiger partial charge in [-0.15, -0.1) is 0 Å². The third kappa shape index (κ3) is 3.82. The minimum absolute atomic E-state index is 0.514. The lowest BCUT2D eigenvalue weighted by Gasteiger charge is -2.05. The van der Waals surface area contributed by atoms with Crippen molar-refractivity contribution in [1.29, 1.82) is 0 Å². The lowest BCUT2D eigenvalue weighted by atomic mass is 10.1. The molecule has 11 heteroatoms. The molecule has 0 aliphatic carbocycles. The van der Waals surface area contributed by atoms with E-state index in [1.807, 2.05) is 0 Å². The molecule has 0 spiro atoms. The molecule has 104 valence electrons. The first-order valence-corrected chi connectivity index (χ1v) is 6.78. The highest BCUT2D eigenvalue weighted by Crippen LogP contribution is 2.18. The van der Waals surface area contributed by atoms with Crippen LogP contribution in [-0.4, -0.2) is 38.8 Å². The number of carboxylic acid groups (broad SMARTS) is 1. The van der Waals surface area contributed by atoms with Gasteiger partial charge in [-0.2, -0.15) is 12.6 Å². The van der Waals surface area contributed by atoms with E-state index in [-0.39, 0.29) is 0 Å². The Bertz CT molecular complexity index is 661. The Labute approximate surface area is 109 Å². The van der Waals surface area contributed by atoms with E-state index in [1.165, 1.54) is 0 Å². The fourth-order valence-corrected chi connectivity index (χ4v) is 2.09. The van der Waals surface area contributed by atoms with Gasteiger partial charge in [0.2, 0.25) is 0 Å². The molecule has 0 aliphatic heterocycles. The van der Waals surface area contributed by atoms with Crippen molar-refractivity contribution in [3.05, 3.63) is 29.3 Å². The van der Waals surface area contributed by atoms with E-state index < -0.39 is 49.4 Å². The van der Waals surface area contributed by atoms with Crippen molar-refractivity contribution in [2.45, 2.75) is 4.90 Å². The number of hydrogen-bond acceptors (Lipinski definition) is 6. The van der Waals surface area contributed by atoms with Crippen LogP contribution in [0.4, 0.5) is 0 Å². The fraction of sp³-hybridized carbons (Fsp3) is 0. The Morgan fingerprint density at radius 1 is 1.26 bits per heavy atom. The molecule has 9 nitrogen and oxygen atoms in total. The molecular formula is C8H6O9S2. The molecule has 1 aromatic carbocycles. The lowest BCUT2D eigenvalue weighted by molar-refractivity contribution is 0.0687. The summed E-state index contributed by atoms with van der Waals surface area (Å²) >= 11 is -2.92. The SMILES string of the molecule is O=C(OS(=O)O)c1ccc(C(=O)O)c(S(=O)(=O)O)c1. The third-order valence-electron chi connectivity index (χ3n) is 1.87. The highest BCUT2D eigenvalue weighted by molar-refractivity contribution is 7.86. The number of carbonyl (C=O) groups excluding carboxylic acids is 1. The highest BCUT2D eigenvalue weighted by Gasteiger charge is 2.23. The van der Waals surface area contributed by atoms with Crippen LogP contribution in [0.1, 0.15) is 20.7 Å². The van der Waals surface area contributed by atoms with Crippen molar-refractivity contribution in [2.75, 3.05) is 0 Å². The van der Waals surface area contributed by atoms with Crippen molar-refractivity contribution < 1.29 is 40.6 Å². The van der Waals surface area contributed by atoms with Gasteiger partial charge in [0.15, 0.2) is 0 Å². The van der Waals surface area contributed by atoms with Crippen LogP contribution in [0.5, 0.6) is 0 Å². The second kappa shape index (κ2) is 5.44. The molecule has 0 saturated heterocycles. The Morgan fingerprint density at radius 2 is 1.84 bits per heavy atom. The van der Waals surface area contributed by atoms with Crippen LogP contribution >= 0.6 is 0 Å². The summed E-state index contributed by atoms with van der Waals surface area (Å²) in [5.74, 6) is -3.00. The van der Waals surface area contributed by atoms with E-state index in [1.54, 1.807) is 0 Å². The fourth-order valence-electron chi connectivity index (χ4n) is 1.15. The zero-order chi connectivity index (χ0) is 14.8. The Balaban J connectivity index is 3.39. The maximum absolute atomic E-state index is 11.2. The molecule has 1 rings (SSSR count). The maximum Gasteiger partial charge on any atom is 0.360 e. The van der Waals surface area contributed by atoms with Crippen LogP contribution in [0, 0.1) is 0 Å². The molecule has 0 aromatic heterocycles. The predicted octanol–water partition coefficient (Wildman–Crippen LogP) is -0.0750. The quantitative estimate of drug-likeness (QED) is 0.511. The molecule has 0 heterocycles. The first kappa shape index (κ1) is 15.2. The third-order valence-corrected chi connectivity index (χ3v) is 3.06. The molecule has 1 aromatic rings. The van der Waals surface area contributed by atoms with Crippen LogP contribution in [0.3, 0.4) is 0 Å². The lowest BCUT2D eigenvalue weighted by Crippen LogP contribution is -2.12. The summed E-state index contributed by atoms with van der Waals surface area (Å²) < 4.78 is 53.3. The summed E-state index contributed by atoms with van der Waals surface area (Å²) in [6.07, 6.45) is 0. The molecule has 1 unspecified atom stereocenters. The number of carbonyl (C=O) groups is 2. The normalized spacial score (nSPS) is 12.7. The van der Waals surface area contributed by atoms with E-state index in [2.05, 4.69) is 4.18 Å². The second-order valence-electron chi connectivity index (χ2n) is 3.08. The van der Waals surface area contributed by atoms with Crippen LogP contribution in [-0.2, 0) is 25.7 Å². The Kier molecular flexibility index (Phi) is 4.36. The van der Waals surface area contributed by atoms with Gasteiger partial charge in [-0.1, -0.05) is 0 Å². The second-order valence-corrected chi connectivity index (χ2v) is 5.07. The molecular weight excluding hydrogens is 304 g/mol. The smallest absolute Gasteiger partial charge is 0.360 e. The topological polar surface area (TPSA) is 155 Å². The predicted molar refractivity (Wildman–Crippen MR) is 59.4 cm³/mol. The summed E-state index contributed by atoms with van der Waals surface area (Å²) in [6, 6.07) is 2.13. The van der Waals surface area contributed by atoms with Gasteiger partial charge in [-0.3, -0.25) is 9.11 Å². The van der Waals surface area contributed by atoms with Gasteiger partial charge >= 0.3 is 23.3 Å².